The lowest BCUT2D eigenvalue weighted by Crippen LogP contribution is -1.94. The van der Waals surface area contributed by atoms with E-state index in [0.29, 0.717) is 5.56 Å². The maximum absolute atomic E-state index is 14.9. The molecule has 0 spiro atoms. The van der Waals surface area contributed by atoms with Crippen molar-refractivity contribution < 1.29 is 4.39 Å². The average molecular weight is 527 g/mol. The molecule has 0 aliphatic rings. The number of benzene rings is 4. The Bertz CT molecular complexity index is 1270. The summed E-state index contributed by atoms with van der Waals surface area (Å²) in [5.74, 6) is -0.317. The Morgan fingerprint density at radius 3 is 1.53 bits per heavy atom. The zero-order chi connectivity index (χ0) is 26.7. The number of hydrogen-bond acceptors (Lipinski definition) is 0. The second kappa shape index (κ2) is 14.3. The van der Waals surface area contributed by atoms with Gasteiger partial charge in [0.25, 0.3) is 0 Å². The first-order chi connectivity index (χ1) is 18.6. The molecule has 38 heavy (non-hydrogen) atoms. The van der Waals surface area contributed by atoms with Crippen LogP contribution in [0.5, 0.6) is 0 Å². The summed E-state index contributed by atoms with van der Waals surface area (Å²) in [6.45, 7) is 4.34. The lowest BCUT2D eigenvalue weighted by molar-refractivity contribution is 0.629. The molecule has 0 heterocycles. The smallest absolute Gasteiger partial charge is 0.149 e. The Hall–Kier alpha value is -2.90. The van der Waals surface area contributed by atoms with Gasteiger partial charge in [0.1, 0.15) is 5.82 Å². The quantitative estimate of drug-likeness (QED) is 0.152. The molecule has 0 N–H and O–H groups in total. The molecule has 0 aromatic heterocycles. The van der Waals surface area contributed by atoms with Crippen LogP contribution >= 0.6 is 11.6 Å². The number of rotatable bonds is 13. The van der Waals surface area contributed by atoms with Gasteiger partial charge in [0.15, 0.2) is 0 Å². The molecule has 0 fully saturated rings. The monoisotopic (exact) mass is 526 g/mol. The molecule has 198 valence electrons. The molecular weight excluding hydrogens is 487 g/mol. The third-order valence-corrected chi connectivity index (χ3v) is 7.87. The Morgan fingerprint density at radius 1 is 0.500 bits per heavy atom. The maximum atomic E-state index is 14.9. The van der Waals surface area contributed by atoms with Crippen molar-refractivity contribution in [3.8, 4) is 22.3 Å². The van der Waals surface area contributed by atoms with Crippen LogP contribution in [0.2, 0.25) is 5.02 Å². The molecule has 0 atom stereocenters. The molecule has 0 bridgehead atoms. The van der Waals surface area contributed by atoms with Crippen molar-refractivity contribution in [3.05, 3.63) is 118 Å². The van der Waals surface area contributed by atoms with Gasteiger partial charge in [-0.3, -0.25) is 0 Å². The van der Waals surface area contributed by atoms with Crippen molar-refractivity contribution in [1.29, 1.82) is 0 Å². The number of aryl methyl sites for hydroxylation is 4. The summed E-state index contributed by atoms with van der Waals surface area (Å²) in [5.41, 5.74) is 8.86. The Morgan fingerprint density at radius 2 is 1.00 bits per heavy atom. The molecule has 4 aromatic carbocycles. The molecule has 0 aliphatic carbocycles. The fourth-order valence-electron chi connectivity index (χ4n) is 5.07. The molecule has 0 unspecified atom stereocenters. The summed E-state index contributed by atoms with van der Waals surface area (Å²) in [5, 5.41) is 0.255. The van der Waals surface area contributed by atoms with Crippen LogP contribution in [0.25, 0.3) is 22.3 Å². The third kappa shape index (κ3) is 7.58. The van der Waals surface area contributed by atoms with E-state index in [-0.39, 0.29) is 10.8 Å². The van der Waals surface area contributed by atoms with Gasteiger partial charge in [-0.2, -0.15) is 0 Å². The molecule has 0 radical (unpaired) electrons. The van der Waals surface area contributed by atoms with Gasteiger partial charge in [-0.25, -0.2) is 4.39 Å². The fraction of sp³-hybridized carbons (Fsp3) is 0.333. The molecule has 0 saturated carbocycles. The van der Waals surface area contributed by atoms with Crippen LogP contribution in [0, 0.1) is 5.82 Å². The van der Waals surface area contributed by atoms with Crippen LogP contribution < -0.4 is 0 Å². The van der Waals surface area contributed by atoms with Gasteiger partial charge >= 0.3 is 0 Å². The standard InChI is InChI=1S/C36H40ClF/c1-3-5-6-7-8-10-27-13-19-30(20-14-27)31-21-15-28(16-22-31)11-12-29-17-23-32(24-18-29)34-26-25-33(9-4-2)35(37)36(34)38/h13-26H,3-12H2,1-2H3. The molecule has 4 rings (SSSR count). The molecule has 0 amide bonds. The predicted octanol–water partition coefficient (Wildman–Crippen LogP) is 11.1. The topological polar surface area (TPSA) is 0 Å². The van der Waals surface area contributed by atoms with Crippen LogP contribution in [-0.4, -0.2) is 0 Å². The zero-order valence-electron chi connectivity index (χ0n) is 22.9. The summed E-state index contributed by atoms with van der Waals surface area (Å²) in [7, 11) is 0. The van der Waals surface area contributed by atoms with Gasteiger partial charge < -0.3 is 0 Å². The molecule has 4 aromatic rings. The molecule has 2 heteroatoms. The van der Waals surface area contributed by atoms with E-state index in [1.165, 1.54) is 66.3 Å². The second-order valence-corrected chi connectivity index (χ2v) is 10.8. The fourth-order valence-corrected chi connectivity index (χ4v) is 5.33. The first-order valence-corrected chi connectivity index (χ1v) is 14.7. The van der Waals surface area contributed by atoms with Crippen molar-refractivity contribution >= 4 is 11.6 Å². The van der Waals surface area contributed by atoms with Crippen LogP contribution in [0.4, 0.5) is 4.39 Å². The van der Waals surface area contributed by atoms with E-state index in [2.05, 4.69) is 74.5 Å². The molecule has 0 nitrogen and oxygen atoms in total. The normalized spacial score (nSPS) is 11.2. The Kier molecular flexibility index (Phi) is 10.6. The van der Waals surface area contributed by atoms with E-state index in [9.17, 15) is 4.39 Å². The maximum Gasteiger partial charge on any atom is 0.149 e. The van der Waals surface area contributed by atoms with Gasteiger partial charge in [-0.1, -0.05) is 142 Å². The lowest BCUT2D eigenvalue weighted by atomic mass is 9.97. The minimum Gasteiger partial charge on any atom is -0.205 e. The highest BCUT2D eigenvalue weighted by atomic mass is 35.5. The van der Waals surface area contributed by atoms with Crippen LogP contribution in [-0.2, 0) is 25.7 Å². The van der Waals surface area contributed by atoms with E-state index in [4.69, 9.17) is 11.6 Å². The highest BCUT2D eigenvalue weighted by Crippen LogP contribution is 2.31. The van der Waals surface area contributed by atoms with Gasteiger partial charge in [0.2, 0.25) is 0 Å². The summed E-state index contributed by atoms with van der Waals surface area (Å²) >= 11 is 6.29. The van der Waals surface area contributed by atoms with Gasteiger partial charge in [0.05, 0.1) is 5.02 Å². The minimum absolute atomic E-state index is 0.255. The molecule has 0 saturated heterocycles. The molecular formula is C36H40ClF. The highest BCUT2D eigenvalue weighted by Gasteiger charge is 2.13. The van der Waals surface area contributed by atoms with Crippen LogP contribution in [0.3, 0.4) is 0 Å². The first-order valence-electron chi connectivity index (χ1n) is 14.3. The summed E-state index contributed by atoms with van der Waals surface area (Å²) in [4.78, 5) is 0. The van der Waals surface area contributed by atoms with Crippen LogP contribution in [0.15, 0.2) is 84.9 Å². The van der Waals surface area contributed by atoms with Crippen molar-refractivity contribution in [1.82, 2.24) is 0 Å². The number of hydrogen-bond donors (Lipinski definition) is 0. The van der Waals surface area contributed by atoms with Crippen molar-refractivity contribution in [2.45, 2.75) is 78.1 Å². The minimum atomic E-state index is -0.317. The van der Waals surface area contributed by atoms with Crippen molar-refractivity contribution in [2.24, 2.45) is 0 Å². The SMILES string of the molecule is CCCCCCCc1ccc(-c2ccc(CCc3ccc(-c4ccc(CCC)c(Cl)c4F)cc3)cc2)cc1. The largest absolute Gasteiger partial charge is 0.205 e. The summed E-state index contributed by atoms with van der Waals surface area (Å²) in [6.07, 6.45) is 11.5. The Labute approximate surface area is 233 Å². The van der Waals surface area contributed by atoms with Gasteiger partial charge in [-0.05, 0) is 71.0 Å². The van der Waals surface area contributed by atoms with Crippen LogP contribution in [0.1, 0.15) is 74.6 Å². The van der Waals surface area contributed by atoms with Crippen molar-refractivity contribution in [2.75, 3.05) is 0 Å². The van der Waals surface area contributed by atoms with E-state index < -0.39 is 0 Å². The number of halogens is 2. The first kappa shape index (κ1) is 28.1. The lowest BCUT2D eigenvalue weighted by Gasteiger charge is -2.10. The van der Waals surface area contributed by atoms with Gasteiger partial charge in [0, 0.05) is 5.56 Å². The molecule has 0 aliphatic heterocycles. The number of unbranched alkanes of at least 4 members (excludes halogenated alkanes) is 4. The van der Waals surface area contributed by atoms with E-state index in [1.54, 1.807) is 0 Å². The summed E-state index contributed by atoms with van der Waals surface area (Å²) < 4.78 is 14.9. The van der Waals surface area contributed by atoms with Crippen molar-refractivity contribution in [3.63, 3.8) is 0 Å². The van der Waals surface area contributed by atoms with E-state index in [1.807, 2.05) is 24.3 Å². The average Bonchev–Trinajstić information content (AvgIpc) is 2.95. The van der Waals surface area contributed by atoms with Gasteiger partial charge in [-0.15, -0.1) is 0 Å². The highest BCUT2D eigenvalue weighted by molar-refractivity contribution is 6.31. The zero-order valence-corrected chi connectivity index (χ0v) is 23.7. The van der Waals surface area contributed by atoms with E-state index >= 15 is 0 Å². The summed E-state index contributed by atoms with van der Waals surface area (Å²) in [6, 6.07) is 30.0. The third-order valence-electron chi connectivity index (χ3n) is 7.46. The predicted molar refractivity (Wildman–Crippen MR) is 163 cm³/mol. The Balaban J connectivity index is 1.30. The van der Waals surface area contributed by atoms with E-state index in [0.717, 1.165) is 36.8 Å². The second-order valence-electron chi connectivity index (χ2n) is 10.4.